The van der Waals surface area contributed by atoms with Gasteiger partial charge in [-0.05, 0) is 42.8 Å². The molecule has 2 aromatic carbocycles. The third kappa shape index (κ3) is 5.67. The Morgan fingerprint density at radius 3 is 2.15 bits per heavy atom. The second-order valence-corrected chi connectivity index (χ2v) is 6.64. The van der Waals surface area contributed by atoms with Crippen molar-refractivity contribution in [2.45, 2.75) is 36.5 Å². The van der Waals surface area contributed by atoms with Gasteiger partial charge in [0.15, 0.2) is 0 Å². The summed E-state index contributed by atoms with van der Waals surface area (Å²) >= 11 is 1.60. The number of hydrogen-bond donors (Lipinski definition) is 0. The molecule has 0 aromatic heterocycles. The van der Waals surface area contributed by atoms with E-state index in [-0.39, 0.29) is 11.5 Å². The monoisotopic (exact) mass is 369 g/mol. The maximum Gasteiger partial charge on any atom is 0.400 e. The van der Waals surface area contributed by atoms with E-state index in [9.17, 15) is 14.4 Å². The van der Waals surface area contributed by atoms with Gasteiger partial charge in [-0.25, -0.2) is 4.79 Å². The lowest BCUT2D eigenvalue weighted by atomic mass is 10.0. The number of nitrogens with zero attached hydrogens (tertiary/aromatic N) is 1. The Labute approximate surface area is 156 Å². The number of carbonyl (C=O) groups is 3. The van der Waals surface area contributed by atoms with Gasteiger partial charge in [-0.15, -0.1) is 0 Å². The molecule has 0 N–H and O–H groups in total. The molecule has 0 saturated heterocycles. The van der Waals surface area contributed by atoms with Crippen LogP contribution < -0.4 is 0 Å². The fraction of sp³-hybridized carbons (Fsp3) is 0.200. The van der Waals surface area contributed by atoms with Gasteiger partial charge < -0.3 is 4.84 Å². The number of benzene rings is 2. The quantitative estimate of drug-likeness (QED) is 0.228. The van der Waals surface area contributed by atoms with E-state index in [0.717, 1.165) is 16.7 Å². The van der Waals surface area contributed by atoms with Gasteiger partial charge in [0.25, 0.3) is 0 Å². The molecular weight excluding hydrogens is 350 g/mol. The standard InChI is InChI=1S/C20H19NO4S/c1-3-7-18(21-25-20(24)14(2)22)19(23)15-10-12-17(13-11-15)26-16-8-5-4-6-9-16/h4-6,8-13H,3,7H2,1-2H3/b21-18+. The van der Waals surface area contributed by atoms with E-state index < -0.39 is 11.8 Å². The summed E-state index contributed by atoms with van der Waals surface area (Å²) < 4.78 is 0. The predicted octanol–water partition coefficient (Wildman–Crippen LogP) is 4.31. The second-order valence-electron chi connectivity index (χ2n) is 5.49. The molecule has 6 heteroatoms. The normalized spacial score (nSPS) is 11.1. The Balaban J connectivity index is 2.11. The lowest BCUT2D eigenvalue weighted by molar-refractivity contribution is -0.152. The molecule has 134 valence electrons. The van der Waals surface area contributed by atoms with Crippen LogP contribution in [0.25, 0.3) is 0 Å². The van der Waals surface area contributed by atoms with Crippen LogP contribution in [0.4, 0.5) is 0 Å². The number of hydrogen-bond acceptors (Lipinski definition) is 6. The fourth-order valence-corrected chi connectivity index (χ4v) is 2.90. The molecule has 0 aliphatic heterocycles. The minimum atomic E-state index is -1.08. The van der Waals surface area contributed by atoms with E-state index >= 15 is 0 Å². The molecule has 0 aliphatic rings. The van der Waals surface area contributed by atoms with E-state index in [4.69, 9.17) is 0 Å². The summed E-state index contributed by atoms with van der Waals surface area (Å²) in [6.45, 7) is 2.97. The van der Waals surface area contributed by atoms with Crippen molar-refractivity contribution < 1.29 is 19.2 Å². The Bertz CT molecular complexity index is 813. The third-order valence-electron chi connectivity index (χ3n) is 3.37. The number of ketones is 2. The topological polar surface area (TPSA) is 72.8 Å². The Morgan fingerprint density at radius 1 is 0.962 bits per heavy atom. The summed E-state index contributed by atoms with van der Waals surface area (Å²) in [5.41, 5.74) is 0.569. The maximum atomic E-state index is 12.6. The van der Waals surface area contributed by atoms with E-state index in [1.165, 1.54) is 0 Å². The SMILES string of the molecule is CCC/C(=N\OC(=O)C(C)=O)C(=O)c1ccc(Sc2ccccc2)cc1. The minimum Gasteiger partial charge on any atom is -0.309 e. The van der Waals surface area contributed by atoms with Crippen LogP contribution >= 0.6 is 11.8 Å². The van der Waals surface area contributed by atoms with E-state index in [0.29, 0.717) is 18.4 Å². The summed E-state index contributed by atoms with van der Waals surface area (Å²) in [4.78, 5) is 41.4. The zero-order chi connectivity index (χ0) is 18.9. The zero-order valence-corrected chi connectivity index (χ0v) is 15.4. The fourth-order valence-electron chi connectivity index (χ4n) is 2.06. The van der Waals surface area contributed by atoms with Crippen molar-refractivity contribution in [3.05, 3.63) is 60.2 Å². The molecule has 0 unspecified atom stereocenters. The van der Waals surface area contributed by atoms with Crippen LogP contribution in [0.2, 0.25) is 0 Å². The van der Waals surface area contributed by atoms with Crippen molar-refractivity contribution in [1.29, 1.82) is 0 Å². The van der Waals surface area contributed by atoms with Crippen LogP contribution in [-0.2, 0) is 14.4 Å². The van der Waals surface area contributed by atoms with Gasteiger partial charge in [0.1, 0.15) is 5.71 Å². The first kappa shape index (κ1) is 19.6. The number of Topliss-reactive ketones (excluding diaryl/α,β-unsaturated/α-hetero) is 2. The molecule has 0 heterocycles. The Hall–Kier alpha value is -2.73. The summed E-state index contributed by atoms with van der Waals surface area (Å²) in [5, 5.41) is 3.59. The van der Waals surface area contributed by atoms with Gasteiger partial charge in [0.2, 0.25) is 11.6 Å². The van der Waals surface area contributed by atoms with Crippen molar-refractivity contribution in [2.24, 2.45) is 5.16 Å². The molecule has 0 atom stereocenters. The van der Waals surface area contributed by atoms with Crippen LogP contribution in [0.15, 0.2) is 69.5 Å². The molecule has 5 nitrogen and oxygen atoms in total. The molecule has 0 radical (unpaired) electrons. The maximum absolute atomic E-state index is 12.6. The van der Waals surface area contributed by atoms with Gasteiger partial charge in [-0.3, -0.25) is 9.59 Å². The summed E-state index contributed by atoms with van der Waals surface area (Å²) in [7, 11) is 0. The van der Waals surface area contributed by atoms with Crippen molar-refractivity contribution in [2.75, 3.05) is 0 Å². The average molecular weight is 369 g/mol. The Morgan fingerprint density at radius 2 is 1.58 bits per heavy atom. The minimum absolute atomic E-state index is 0.116. The van der Waals surface area contributed by atoms with E-state index in [1.807, 2.05) is 49.4 Å². The first-order chi connectivity index (χ1) is 12.5. The summed E-state index contributed by atoms with van der Waals surface area (Å²) in [6, 6.07) is 17.1. The number of carbonyl (C=O) groups excluding carboxylic acids is 3. The van der Waals surface area contributed by atoms with Crippen molar-refractivity contribution >= 4 is 35.0 Å². The van der Waals surface area contributed by atoms with Crippen LogP contribution in [0, 0.1) is 0 Å². The summed E-state index contributed by atoms with van der Waals surface area (Å²) in [5.74, 6) is -2.17. The molecule has 0 aliphatic carbocycles. The van der Waals surface area contributed by atoms with Gasteiger partial charge in [0, 0.05) is 22.3 Å². The zero-order valence-electron chi connectivity index (χ0n) is 14.6. The number of oxime groups is 1. The molecule has 0 fully saturated rings. The second kappa shape index (κ2) is 9.68. The summed E-state index contributed by atoms with van der Waals surface area (Å²) in [6.07, 6.45) is 1.01. The average Bonchev–Trinajstić information content (AvgIpc) is 2.65. The first-order valence-corrected chi connectivity index (χ1v) is 8.99. The molecule has 0 bridgehead atoms. The first-order valence-electron chi connectivity index (χ1n) is 8.17. The highest BCUT2D eigenvalue weighted by Gasteiger charge is 2.16. The predicted molar refractivity (Wildman–Crippen MR) is 100 cm³/mol. The van der Waals surface area contributed by atoms with Crippen LogP contribution in [0.3, 0.4) is 0 Å². The molecule has 0 amide bonds. The molecular formula is C20H19NO4S. The molecule has 0 spiro atoms. The van der Waals surface area contributed by atoms with Crippen molar-refractivity contribution in [3.63, 3.8) is 0 Å². The van der Waals surface area contributed by atoms with Crippen LogP contribution in [-0.4, -0.2) is 23.2 Å². The van der Waals surface area contributed by atoms with Crippen molar-refractivity contribution in [1.82, 2.24) is 0 Å². The lowest BCUT2D eigenvalue weighted by Gasteiger charge is -2.06. The van der Waals surface area contributed by atoms with Crippen LogP contribution in [0.1, 0.15) is 37.0 Å². The molecule has 0 saturated carbocycles. The van der Waals surface area contributed by atoms with Gasteiger partial charge in [0.05, 0.1) is 0 Å². The smallest absolute Gasteiger partial charge is 0.309 e. The largest absolute Gasteiger partial charge is 0.400 e. The van der Waals surface area contributed by atoms with Crippen LogP contribution in [0.5, 0.6) is 0 Å². The number of rotatable bonds is 8. The third-order valence-corrected chi connectivity index (χ3v) is 4.39. The van der Waals surface area contributed by atoms with Gasteiger partial charge in [-0.1, -0.05) is 48.5 Å². The highest BCUT2D eigenvalue weighted by Crippen LogP contribution is 2.27. The molecule has 26 heavy (non-hydrogen) atoms. The Kier molecular flexibility index (Phi) is 7.29. The highest BCUT2D eigenvalue weighted by atomic mass is 32.2. The highest BCUT2D eigenvalue weighted by molar-refractivity contribution is 7.99. The van der Waals surface area contributed by atoms with E-state index in [2.05, 4.69) is 9.99 Å². The van der Waals surface area contributed by atoms with Crippen molar-refractivity contribution in [3.8, 4) is 0 Å². The van der Waals surface area contributed by atoms with Gasteiger partial charge >= 0.3 is 5.97 Å². The lowest BCUT2D eigenvalue weighted by Crippen LogP contribution is -2.18. The molecule has 2 rings (SSSR count). The van der Waals surface area contributed by atoms with Gasteiger partial charge in [-0.2, -0.15) is 0 Å². The van der Waals surface area contributed by atoms with E-state index in [1.54, 1.807) is 23.9 Å². The molecule has 2 aromatic rings.